The highest BCUT2D eigenvalue weighted by Gasteiger charge is 2.42. The summed E-state index contributed by atoms with van der Waals surface area (Å²) in [5.41, 5.74) is -0.0489. The van der Waals surface area contributed by atoms with E-state index in [0.29, 0.717) is 18.7 Å². The van der Waals surface area contributed by atoms with E-state index >= 15 is 0 Å². The highest BCUT2D eigenvalue weighted by molar-refractivity contribution is 5.98. The second-order valence-corrected chi connectivity index (χ2v) is 23.7. The van der Waals surface area contributed by atoms with Gasteiger partial charge in [-0.05, 0) is 97.5 Å². The lowest BCUT2D eigenvalue weighted by atomic mass is 9.89. The first-order valence-electron chi connectivity index (χ1n) is 27.9. The Morgan fingerprint density at radius 2 is 1.19 bits per heavy atom. The zero-order valence-electron chi connectivity index (χ0n) is 49.7. The molecule has 1 aromatic rings. The van der Waals surface area contributed by atoms with Gasteiger partial charge in [0.2, 0.25) is 47.3 Å². The highest BCUT2D eigenvalue weighted by Crippen LogP contribution is 2.25. The Bertz CT molecular complexity index is 2240. The summed E-state index contributed by atoms with van der Waals surface area (Å²) in [6, 6.07) is 2.03. The fraction of sp³-hybridized carbons (Fsp3) is 0.724. The third kappa shape index (κ3) is 19.0. The fourth-order valence-corrected chi connectivity index (χ4v) is 9.96. The minimum absolute atomic E-state index is 0.0345. The number of hydrogen-bond donors (Lipinski definition) is 2. The van der Waals surface area contributed by atoms with Crippen LogP contribution in [-0.4, -0.2) is 215 Å². The second kappa shape index (κ2) is 30.0. The van der Waals surface area contributed by atoms with Crippen LogP contribution < -0.4 is 5.32 Å². The molecule has 20 nitrogen and oxygen atoms in total. The number of piperidine rings is 1. The lowest BCUT2D eigenvalue weighted by Gasteiger charge is -2.38. The molecule has 2 heterocycles. The van der Waals surface area contributed by atoms with Crippen LogP contribution in [-0.2, 0) is 59.1 Å². The minimum Gasteiger partial charge on any atom is -0.393 e. The van der Waals surface area contributed by atoms with Crippen molar-refractivity contribution in [3.63, 3.8) is 0 Å². The summed E-state index contributed by atoms with van der Waals surface area (Å²) in [5, 5.41) is 13.9. The van der Waals surface area contributed by atoms with Crippen molar-refractivity contribution in [1.29, 1.82) is 0 Å². The van der Waals surface area contributed by atoms with Gasteiger partial charge in [-0.3, -0.25) is 47.9 Å². The number of hydrogen-bond acceptors (Lipinski definition) is 12. The first kappa shape index (κ1) is 66.5. The van der Waals surface area contributed by atoms with E-state index in [2.05, 4.69) is 5.32 Å². The molecule has 8 amide bonds. The molecule has 9 atom stereocenters. The molecule has 2 saturated heterocycles. The monoisotopic (exact) mass is 1090 g/mol. The molecule has 2 aliphatic heterocycles. The van der Waals surface area contributed by atoms with E-state index in [1.807, 2.05) is 33.8 Å². The van der Waals surface area contributed by atoms with Gasteiger partial charge in [-0.1, -0.05) is 58.0 Å². The zero-order chi connectivity index (χ0) is 59.1. The Morgan fingerprint density at radius 3 is 1.74 bits per heavy atom. The Morgan fingerprint density at radius 1 is 0.654 bits per heavy atom. The van der Waals surface area contributed by atoms with E-state index in [9.17, 15) is 53.1 Å². The van der Waals surface area contributed by atoms with Crippen LogP contribution in [0.2, 0.25) is 0 Å². The topological polar surface area (TPSA) is 235 Å². The number of likely N-dealkylation sites (tertiary alicyclic amines) is 1. The number of carbonyl (C=O) groups is 10. The number of likely N-dealkylation sites (N-methyl/N-ethyl adjacent to an activating group) is 6. The molecule has 1 unspecified atom stereocenters. The first-order valence-corrected chi connectivity index (χ1v) is 27.9. The van der Waals surface area contributed by atoms with Crippen LogP contribution in [0.25, 0.3) is 0 Å². The summed E-state index contributed by atoms with van der Waals surface area (Å²) >= 11 is 0. The number of nitrogens with zero attached hydrogens (tertiary/aromatic N) is 7. The molecule has 2 fully saturated rings. The quantitative estimate of drug-likeness (QED) is 0.342. The van der Waals surface area contributed by atoms with Crippen molar-refractivity contribution in [3.05, 3.63) is 35.9 Å². The Balaban J connectivity index is 2.22. The molecule has 0 saturated carbocycles. The van der Waals surface area contributed by atoms with Crippen LogP contribution in [0.15, 0.2) is 30.3 Å². The van der Waals surface area contributed by atoms with Crippen molar-refractivity contribution >= 4 is 58.8 Å². The van der Waals surface area contributed by atoms with Gasteiger partial charge >= 0.3 is 0 Å². The van der Waals surface area contributed by atoms with Gasteiger partial charge < -0.3 is 49.5 Å². The van der Waals surface area contributed by atoms with Crippen molar-refractivity contribution in [2.45, 2.75) is 181 Å². The van der Waals surface area contributed by atoms with Crippen molar-refractivity contribution in [3.8, 4) is 0 Å². The van der Waals surface area contributed by atoms with Gasteiger partial charge in [0.15, 0.2) is 11.6 Å². The van der Waals surface area contributed by atoms with Crippen LogP contribution in [0, 0.1) is 23.7 Å². The largest absolute Gasteiger partial charge is 0.393 e. The number of benzene rings is 1. The maximum absolute atomic E-state index is 14.9. The van der Waals surface area contributed by atoms with Crippen molar-refractivity contribution < 1.29 is 57.8 Å². The zero-order valence-corrected chi connectivity index (χ0v) is 49.7. The van der Waals surface area contributed by atoms with Gasteiger partial charge in [0.1, 0.15) is 30.2 Å². The smallest absolute Gasteiger partial charge is 0.246 e. The molecule has 0 bridgehead atoms. The number of aliphatic hydroxyl groups excluding tert-OH is 1. The second-order valence-electron chi connectivity index (χ2n) is 23.7. The van der Waals surface area contributed by atoms with Crippen LogP contribution >= 0.6 is 0 Å². The van der Waals surface area contributed by atoms with E-state index in [0.717, 1.165) is 24.2 Å². The third-order valence-electron chi connectivity index (χ3n) is 15.4. The molecule has 78 heavy (non-hydrogen) atoms. The molecule has 438 valence electrons. The summed E-state index contributed by atoms with van der Waals surface area (Å²) in [4.78, 5) is 153. The fourth-order valence-electron chi connectivity index (χ4n) is 9.96. The van der Waals surface area contributed by atoms with E-state index < -0.39 is 126 Å². The molecule has 0 aliphatic carbocycles. The molecule has 3 rings (SSSR count). The number of aliphatic hydroxyl groups is 1. The van der Waals surface area contributed by atoms with Gasteiger partial charge in [-0.25, -0.2) is 0 Å². The highest BCUT2D eigenvalue weighted by atomic mass is 16.5. The summed E-state index contributed by atoms with van der Waals surface area (Å²) < 4.78 is 6.08. The lowest BCUT2D eigenvalue weighted by Crippen LogP contribution is -2.58. The number of rotatable bonds is 10. The normalized spacial score (nSPS) is 26.4. The average Bonchev–Trinajstić information content (AvgIpc) is 3.39. The Hall–Kier alpha value is -5.76. The van der Waals surface area contributed by atoms with Crippen molar-refractivity contribution in [2.24, 2.45) is 23.7 Å². The maximum atomic E-state index is 14.9. The summed E-state index contributed by atoms with van der Waals surface area (Å²) in [6.07, 6.45) is 0.285. The van der Waals surface area contributed by atoms with Crippen LogP contribution in [0.3, 0.4) is 0 Å². The molecule has 20 heteroatoms. The molecule has 2 aliphatic rings. The molecule has 0 aromatic heterocycles. The number of carbonyl (C=O) groups excluding carboxylic acids is 10. The lowest BCUT2D eigenvalue weighted by molar-refractivity contribution is -0.153. The minimum atomic E-state index is -1.38. The summed E-state index contributed by atoms with van der Waals surface area (Å²) in [6.45, 7) is 17.3. The van der Waals surface area contributed by atoms with E-state index in [1.54, 1.807) is 49.9 Å². The van der Waals surface area contributed by atoms with Gasteiger partial charge in [0, 0.05) is 87.0 Å². The van der Waals surface area contributed by atoms with Gasteiger partial charge in [-0.2, -0.15) is 0 Å². The molecule has 0 spiro atoms. The van der Waals surface area contributed by atoms with Gasteiger partial charge in [-0.15, -0.1) is 0 Å². The summed E-state index contributed by atoms with van der Waals surface area (Å²) in [7, 11) is 8.57. The Labute approximate surface area is 464 Å². The number of Topliss-reactive ketones (excluding diaryl/α,β-unsaturated/α-hetero) is 2. The van der Waals surface area contributed by atoms with Crippen LogP contribution in [0.4, 0.5) is 0 Å². The first-order chi connectivity index (χ1) is 36.3. The predicted octanol–water partition coefficient (Wildman–Crippen LogP) is 3.59. The predicted molar refractivity (Wildman–Crippen MR) is 296 cm³/mol. The van der Waals surface area contributed by atoms with Gasteiger partial charge in [0.25, 0.3) is 0 Å². The van der Waals surface area contributed by atoms with Crippen LogP contribution in [0.5, 0.6) is 0 Å². The third-order valence-corrected chi connectivity index (χ3v) is 15.4. The molecule has 1 aromatic carbocycles. The molecule has 2 N–H and O–H groups in total. The van der Waals surface area contributed by atoms with Crippen molar-refractivity contribution in [1.82, 2.24) is 39.6 Å². The van der Waals surface area contributed by atoms with Crippen LogP contribution in [0.1, 0.15) is 133 Å². The van der Waals surface area contributed by atoms with Crippen molar-refractivity contribution in [2.75, 3.05) is 68.5 Å². The van der Waals surface area contributed by atoms with E-state index in [1.165, 1.54) is 87.6 Å². The Kier molecular flexibility index (Phi) is 25.6. The molecule has 0 radical (unpaired) electrons. The number of amides is 8. The number of nitrogens with one attached hydrogen (secondary N) is 1. The van der Waals surface area contributed by atoms with Gasteiger partial charge in [0.05, 0.1) is 36.8 Å². The SMILES string of the molecule is CC(C)C[C@H]1C(=O)N[C@@H](COC(C)(C)C)C(=O)C[C@H](C(=O)N2CCCCC2)CCC(=O)N(C)[C@@H](C)C(=O)N(C)[C@@H](C)C(=O)N(C)[C@@H](Cc2ccccc2)C(=O)N(C)[C@@H](CC(C)C)C(=O)C[C@@H](C(C)O)C(=O)N(C)CC(=O)N1C. The summed E-state index contributed by atoms with van der Waals surface area (Å²) in [5.74, 6) is -8.31. The molecular formula is C58H94N8O12. The standard InChI is InChI=1S/C58H94N8O12/c1-36(2)29-45-49(69)33-43(40(7)67)56(76)60(11)34-51(71)63(14)46(30-37(3)4)52(72)59-44(35-78-58(8,9)10)48(68)32-42(55(75)66-27-21-18-22-28-66)25-26-50(70)61(12)38(5)53(73)62(13)39(6)54(74)65(16)47(57(77)64(45)15)31-41-23-19-17-20-24-41/h17,19-20,23-24,36-40,42-47,67H,18,21-22,25-35H2,1-16H3,(H,59,72)/t38-,39-,40?,42+,43-,44-,45-,46-,47-/m0/s1. The van der Waals surface area contributed by atoms with E-state index in [-0.39, 0.29) is 62.9 Å². The van der Waals surface area contributed by atoms with E-state index in [4.69, 9.17) is 4.74 Å². The maximum Gasteiger partial charge on any atom is 0.246 e. The average molecular weight is 1100 g/mol. The molecular weight excluding hydrogens is 1000 g/mol. The number of ether oxygens (including phenoxy) is 1. The number of ketones is 2.